The van der Waals surface area contributed by atoms with Crippen LogP contribution in [0.1, 0.15) is 18.4 Å². The zero-order valence-electron chi connectivity index (χ0n) is 11.6. The summed E-state index contributed by atoms with van der Waals surface area (Å²) in [6.45, 7) is 2.16. The van der Waals surface area contributed by atoms with E-state index >= 15 is 0 Å². The van der Waals surface area contributed by atoms with E-state index in [-0.39, 0.29) is 11.8 Å². The van der Waals surface area contributed by atoms with Crippen LogP contribution in [0.5, 0.6) is 0 Å². The van der Waals surface area contributed by atoms with Crippen molar-refractivity contribution in [3.8, 4) is 0 Å². The largest absolute Gasteiger partial charge is 0.330 e. The van der Waals surface area contributed by atoms with Crippen LogP contribution >= 0.6 is 23.4 Å². The highest BCUT2D eigenvalue weighted by Gasteiger charge is 2.42. The Hall–Kier alpha value is -1.53. The third-order valence-corrected chi connectivity index (χ3v) is 4.61. The minimum atomic E-state index is -1.08. The van der Waals surface area contributed by atoms with Crippen molar-refractivity contribution in [2.24, 2.45) is 0 Å². The van der Waals surface area contributed by atoms with Gasteiger partial charge in [-0.15, -0.1) is 0 Å². The molecular weight excluding hydrogens is 312 g/mol. The van der Waals surface area contributed by atoms with Gasteiger partial charge >= 0.3 is 6.03 Å². The van der Waals surface area contributed by atoms with Gasteiger partial charge in [-0.25, -0.2) is 4.79 Å². The smallest absolute Gasteiger partial charge is 0.277 e. The molecule has 21 heavy (non-hydrogen) atoms. The minimum absolute atomic E-state index is 0.0831. The molecule has 0 spiro atoms. The van der Waals surface area contributed by atoms with Gasteiger partial charge in [0, 0.05) is 16.8 Å². The summed E-state index contributed by atoms with van der Waals surface area (Å²) in [5.41, 5.74) is 0.413. The lowest BCUT2D eigenvalue weighted by molar-refractivity contribution is -0.138. The van der Waals surface area contributed by atoms with Crippen LogP contribution in [-0.4, -0.2) is 40.8 Å². The Bertz CT molecular complexity index is 593. The van der Waals surface area contributed by atoms with E-state index < -0.39 is 23.8 Å². The standard InChI is InChI=1S/C14H15ClN2O3S/c1-8(21-2)7-17-13(19)11(12(18)16-14(17)20)9-5-3-4-6-10(9)15/h3-6,8,11H,7H2,1-2H3,(H,16,18,20). The number of barbiturate groups is 1. The average Bonchev–Trinajstić information content (AvgIpc) is 2.45. The first-order valence-electron chi connectivity index (χ1n) is 6.39. The van der Waals surface area contributed by atoms with Crippen LogP contribution in [0.25, 0.3) is 0 Å². The van der Waals surface area contributed by atoms with Gasteiger partial charge < -0.3 is 0 Å². The van der Waals surface area contributed by atoms with Gasteiger partial charge in [0.1, 0.15) is 5.92 Å². The number of hydrogen-bond donors (Lipinski definition) is 1. The topological polar surface area (TPSA) is 66.5 Å². The third kappa shape index (κ3) is 3.22. The number of nitrogens with one attached hydrogen (secondary N) is 1. The van der Waals surface area contributed by atoms with Gasteiger partial charge in [0.2, 0.25) is 11.8 Å². The minimum Gasteiger partial charge on any atom is -0.277 e. The highest BCUT2D eigenvalue weighted by atomic mass is 35.5. The molecule has 2 rings (SSSR count). The molecule has 5 nitrogen and oxygen atoms in total. The van der Waals surface area contributed by atoms with Crippen LogP contribution in [0.3, 0.4) is 0 Å². The first kappa shape index (κ1) is 15.9. The molecule has 1 N–H and O–H groups in total. The lowest BCUT2D eigenvalue weighted by Gasteiger charge is -2.31. The molecule has 0 aliphatic carbocycles. The van der Waals surface area contributed by atoms with Crippen molar-refractivity contribution in [3.05, 3.63) is 34.9 Å². The summed E-state index contributed by atoms with van der Waals surface area (Å²) in [6.07, 6.45) is 1.90. The van der Waals surface area contributed by atoms with Crippen molar-refractivity contribution in [2.45, 2.75) is 18.1 Å². The first-order valence-corrected chi connectivity index (χ1v) is 8.05. The van der Waals surface area contributed by atoms with Gasteiger partial charge in [0.15, 0.2) is 0 Å². The Kier molecular flexibility index (Phi) is 4.90. The summed E-state index contributed by atoms with van der Waals surface area (Å²) in [5, 5.41) is 2.64. The van der Waals surface area contributed by atoms with E-state index in [0.29, 0.717) is 10.6 Å². The Balaban J connectivity index is 2.33. The molecule has 0 aromatic heterocycles. The van der Waals surface area contributed by atoms with E-state index in [1.165, 1.54) is 11.8 Å². The molecule has 1 aromatic rings. The normalized spacial score (nSPS) is 20.4. The molecule has 1 aromatic carbocycles. The SMILES string of the molecule is CSC(C)CN1C(=O)NC(=O)C(c2ccccc2Cl)C1=O. The lowest BCUT2D eigenvalue weighted by atomic mass is 9.95. The van der Waals surface area contributed by atoms with Crippen LogP contribution in [0.15, 0.2) is 24.3 Å². The maximum atomic E-state index is 12.5. The third-order valence-electron chi connectivity index (χ3n) is 3.31. The van der Waals surface area contributed by atoms with E-state index in [4.69, 9.17) is 11.6 Å². The van der Waals surface area contributed by atoms with Crippen molar-refractivity contribution in [1.29, 1.82) is 0 Å². The van der Waals surface area contributed by atoms with Crippen LogP contribution < -0.4 is 5.32 Å². The number of halogens is 1. The number of nitrogens with zero attached hydrogens (tertiary/aromatic N) is 1. The zero-order valence-corrected chi connectivity index (χ0v) is 13.2. The van der Waals surface area contributed by atoms with Crippen molar-refractivity contribution >= 4 is 41.2 Å². The summed E-state index contributed by atoms with van der Waals surface area (Å²) >= 11 is 7.60. The van der Waals surface area contributed by atoms with Crippen LogP contribution in [0.2, 0.25) is 5.02 Å². The molecule has 1 saturated heterocycles. The van der Waals surface area contributed by atoms with Crippen molar-refractivity contribution in [3.63, 3.8) is 0 Å². The first-order chi connectivity index (χ1) is 9.95. The Morgan fingerprint density at radius 2 is 2.00 bits per heavy atom. The molecule has 2 unspecified atom stereocenters. The van der Waals surface area contributed by atoms with E-state index in [0.717, 1.165) is 4.90 Å². The van der Waals surface area contributed by atoms with E-state index in [1.807, 2.05) is 13.2 Å². The maximum Gasteiger partial charge on any atom is 0.330 e. The molecular formula is C14H15ClN2O3S. The second kappa shape index (κ2) is 6.49. The van der Waals surface area contributed by atoms with E-state index in [1.54, 1.807) is 24.3 Å². The van der Waals surface area contributed by atoms with E-state index in [9.17, 15) is 14.4 Å². The number of urea groups is 1. The highest BCUT2D eigenvalue weighted by molar-refractivity contribution is 7.99. The summed E-state index contributed by atoms with van der Waals surface area (Å²) in [6, 6.07) is 5.98. The number of amides is 4. The Labute approximate surface area is 132 Å². The summed E-state index contributed by atoms with van der Waals surface area (Å²) in [5.74, 6) is -2.24. The fourth-order valence-electron chi connectivity index (χ4n) is 2.10. The second-order valence-electron chi connectivity index (χ2n) is 4.74. The van der Waals surface area contributed by atoms with E-state index in [2.05, 4.69) is 5.32 Å². The van der Waals surface area contributed by atoms with Crippen molar-refractivity contribution in [2.75, 3.05) is 12.8 Å². The zero-order chi connectivity index (χ0) is 15.6. The number of hydrogen-bond acceptors (Lipinski definition) is 4. The molecule has 0 radical (unpaired) electrons. The molecule has 7 heteroatoms. The Morgan fingerprint density at radius 1 is 1.33 bits per heavy atom. The number of rotatable bonds is 4. The number of carbonyl (C=O) groups excluding carboxylic acids is 3. The van der Waals surface area contributed by atoms with Gasteiger partial charge in [0.25, 0.3) is 0 Å². The number of thioether (sulfide) groups is 1. The van der Waals surface area contributed by atoms with Gasteiger partial charge in [-0.1, -0.05) is 36.7 Å². The molecule has 1 fully saturated rings. The average molecular weight is 327 g/mol. The Morgan fingerprint density at radius 3 is 2.62 bits per heavy atom. The molecule has 112 valence electrons. The predicted octanol–water partition coefficient (Wildman–Crippen LogP) is 2.25. The van der Waals surface area contributed by atoms with Crippen LogP contribution in [0, 0.1) is 0 Å². The fourth-order valence-corrected chi connectivity index (χ4v) is 2.64. The summed E-state index contributed by atoms with van der Waals surface area (Å²) in [4.78, 5) is 37.5. The monoisotopic (exact) mass is 326 g/mol. The highest BCUT2D eigenvalue weighted by Crippen LogP contribution is 2.29. The maximum absolute atomic E-state index is 12.5. The molecule has 1 heterocycles. The second-order valence-corrected chi connectivity index (χ2v) is 6.43. The van der Waals surface area contributed by atoms with Gasteiger partial charge in [-0.05, 0) is 17.9 Å². The molecule has 1 aliphatic heterocycles. The van der Waals surface area contributed by atoms with Gasteiger partial charge in [0.05, 0.1) is 0 Å². The molecule has 0 saturated carbocycles. The number of carbonyl (C=O) groups is 3. The van der Waals surface area contributed by atoms with Crippen molar-refractivity contribution in [1.82, 2.24) is 10.2 Å². The molecule has 4 amide bonds. The lowest BCUT2D eigenvalue weighted by Crippen LogP contribution is -2.58. The number of imide groups is 2. The van der Waals surface area contributed by atoms with Gasteiger partial charge in [-0.3, -0.25) is 19.8 Å². The summed E-state index contributed by atoms with van der Waals surface area (Å²) in [7, 11) is 0. The molecule has 2 atom stereocenters. The number of benzene rings is 1. The van der Waals surface area contributed by atoms with Crippen LogP contribution in [0.4, 0.5) is 4.79 Å². The summed E-state index contributed by atoms with van der Waals surface area (Å²) < 4.78 is 0. The molecule has 1 aliphatic rings. The van der Waals surface area contributed by atoms with Gasteiger partial charge in [-0.2, -0.15) is 11.8 Å². The quantitative estimate of drug-likeness (QED) is 0.862. The van der Waals surface area contributed by atoms with Crippen molar-refractivity contribution < 1.29 is 14.4 Å². The van der Waals surface area contributed by atoms with Crippen LogP contribution in [-0.2, 0) is 9.59 Å². The predicted molar refractivity (Wildman–Crippen MR) is 82.4 cm³/mol. The fraction of sp³-hybridized carbons (Fsp3) is 0.357. The molecule has 0 bridgehead atoms.